The van der Waals surface area contributed by atoms with Crippen LogP contribution < -0.4 is 0 Å². The van der Waals surface area contributed by atoms with Crippen molar-refractivity contribution in [3.63, 3.8) is 0 Å². The Hall–Kier alpha value is -1.73. The summed E-state index contributed by atoms with van der Waals surface area (Å²) in [4.78, 5) is 10.1. The van der Waals surface area contributed by atoms with Gasteiger partial charge in [0.25, 0.3) is 0 Å². The van der Waals surface area contributed by atoms with Crippen LogP contribution in [0.5, 0.6) is 0 Å². The molecule has 0 aromatic heterocycles. The summed E-state index contributed by atoms with van der Waals surface area (Å²) in [6, 6.07) is -0.0536. The van der Waals surface area contributed by atoms with Crippen LogP contribution in [0.15, 0.2) is 18.2 Å². The SMILES string of the molecule is O=C(O)C(F)(F)c1cc(F)cc(C(F)(F)F)c1. The van der Waals surface area contributed by atoms with E-state index in [-0.39, 0.29) is 18.2 Å². The van der Waals surface area contributed by atoms with E-state index in [4.69, 9.17) is 5.11 Å². The third kappa shape index (κ3) is 2.69. The highest BCUT2D eigenvalue weighted by molar-refractivity contribution is 5.77. The second-order valence-electron chi connectivity index (χ2n) is 3.11. The Morgan fingerprint density at radius 3 is 1.88 bits per heavy atom. The molecule has 8 heteroatoms. The molecular formula is C9H4F6O2. The van der Waals surface area contributed by atoms with Crippen LogP contribution in [-0.2, 0) is 16.9 Å². The molecule has 0 aliphatic heterocycles. The maximum absolute atomic E-state index is 12.9. The minimum absolute atomic E-state index is 0.00142. The molecule has 0 unspecified atom stereocenters. The normalized spacial score (nSPS) is 12.6. The van der Waals surface area contributed by atoms with Crippen LogP contribution in [0.1, 0.15) is 11.1 Å². The van der Waals surface area contributed by atoms with E-state index in [1.807, 2.05) is 0 Å². The van der Waals surface area contributed by atoms with Crippen molar-refractivity contribution in [2.75, 3.05) is 0 Å². The fourth-order valence-electron chi connectivity index (χ4n) is 1.06. The van der Waals surface area contributed by atoms with Gasteiger partial charge in [-0.3, -0.25) is 0 Å². The molecule has 1 aromatic rings. The lowest BCUT2D eigenvalue weighted by molar-refractivity contribution is -0.166. The van der Waals surface area contributed by atoms with Gasteiger partial charge in [0.15, 0.2) is 0 Å². The highest BCUT2D eigenvalue weighted by atomic mass is 19.4. The van der Waals surface area contributed by atoms with Gasteiger partial charge < -0.3 is 5.11 Å². The van der Waals surface area contributed by atoms with Gasteiger partial charge in [-0.05, 0) is 18.2 Å². The van der Waals surface area contributed by atoms with Gasteiger partial charge in [0.1, 0.15) is 5.82 Å². The Morgan fingerprint density at radius 2 is 1.47 bits per heavy atom. The monoisotopic (exact) mass is 258 g/mol. The van der Waals surface area contributed by atoms with Crippen LogP contribution in [0.2, 0.25) is 0 Å². The van der Waals surface area contributed by atoms with E-state index in [0.717, 1.165) is 0 Å². The third-order valence-corrected chi connectivity index (χ3v) is 1.86. The van der Waals surface area contributed by atoms with Crippen molar-refractivity contribution in [2.24, 2.45) is 0 Å². The number of carbonyl (C=O) groups is 1. The highest BCUT2D eigenvalue weighted by Crippen LogP contribution is 2.35. The predicted octanol–water partition coefficient (Wildman–Crippen LogP) is 3.02. The summed E-state index contributed by atoms with van der Waals surface area (Å²) in [6.45, 7) is 0. The van der Waals surface area contributed by atoms with Crippen LogP contribution in [-0.4, -0.2) is 11.1 Å². The summed E-state index contributed by atoms with van der Waals surface area (Å²) < 4.78 is 75.0. The van der Waals surface area contributed by atoms with Crippen LogP contribution in [0.25, 0.3) is 0 Å². The molecule has 0 aliphatic carbocycles. The number of carboxylic acids is 1. The topological polar surface area (TPSA) is 37.3 Å². The number of carboxylic acid groups (broad SMARTS) is 1. The summed E-state index contributed by atoms with van der Waals surface area (Å²) in [5.74, 6) is -8.82. The largest absolute Gasteiger partial charge is 0.477 e. The molecule has 1 N–H and O–H groups in total. The molecule has 0 saturated heterocycles. The molecule has 0 atom stereocenters. The molecule has 1 aromatic carbocycles. The summed E-state index contributed by atoms with van der Waals surface area (Å²) in [7, 11) is 0. The first kappa shape index (κ1) is 13.3. The predicted molar refractivity (Wildman–Crippen MR) is 42.9 cm³/mol. The molecule has 2 nitrogen and oxygen atoms in total. The zero-order valence-electron chi connectivity index (χ0n) is 7.86. The van der Waals surface area contributed by atoms with Gasteiger partial charge in [-0.15, -0.1) is 0 Å². The maximum atomic E-state index is 12.9. The molecule has 0 spiro atoms. The molecule has 0 radical (unpaired) electrons. The van der Waals surface area contributed by atoms with Crippen molar-refractivity contribution in [2.45, 2.75) is 12.1 Å². The highest BCUT2D eigenvalue weighted by Gasteiger charge is 2.43. The van der Waals surface area contributed by atoms with Crippen LogP contribution in [0.4, 0.5) is 26.3 Å². The van der Waals surface area contributed by atoms with Crippen molar-refractivity contribution in [1.82, 2.24) is 0 Å². The van der Waals surface area contributed by atoms with E-state index >= 15 is 0 Å². The van der Waals surface area contributed by atoms with Gasteiger partial charge >= 0.3 is 18.1 Å². The fourth-order valence-corrected chi connectivity index (χ4v) is 1.06. The van der Waals surface area contributed by atoms with Gasteiger partial charge in [-0.2, -0.15) is 22.0 Å². The van der Waals surface area contributed by atoms with Crippen molar-refractivity contribution in [3.8, 4) is 0 Å². The second kappa shape index (κ2) is 3.94. The number of alkyl halides is 5. The van der Waals surface area contributed by atoms with Gasteiger partial charge in [0.05, 0.1) is 5.56 Å². The van der Waals surface area contributed by atoms with Gasteiger partial charge in [0, 0.05) is 5.56 Å². The smallest absolute Gasteiger partial charge is 0.416 e. The Labute approximate surface area is 90.5 Å². The molecule has 0 fully saturated rings. The molecule has 0 bridgehead atoms. The first-order valence-corrected chi connectivity index (χ1v) is 4.04. The van der Waals surface area contributed by atoms with Crippen LogP contribution >= 0.6 is 0 Å². The third-order valence-electron chi connectivity index (χ3n) is 1.86. The lowest BCUT2D eigenvalue weighted by Crippen LogP contribution is -2.26. The minimum Gasteiger partial charge on any atom is -0.477 e. The molecular weight excluding hydrogens is 254 g/mol. The van der Waals surface area contributed by atoms with E-state index in [9.17, 15) is 31.1 Å². The van der Waals surface area contributed by atoms with Gasteiger partial charge in [0.2, 0.25) is 0 Å². The van der Waals surface area contributed by atoms with Crippen LogP contribution in [0, 0.1) is 5.82 Å². The standard InChI is InChI=1S/C9H4F6O2/c10-6-2-4(8(11,12)7(16)17)1-5(3-6)9(13,14)15/h1-3H,(H,16,17). The van der Waals surface area contributed by atoms with Crippen molar-refractivity contribution >= 4 is 5.97 Å². The molecule has 94 valence electrons. The first-order valence-electron chi connectivity index (χ1n) is 4.04. The van der Waals surface area contributed by atoms with Crippen LogP contribution in [0.3, 0.4) is 0 Å². The van der Waals surface area contributed by atoms with Crippen molar-refractivity contribution in [1.29, 1.82) is 0 Å². The Bertz CT molecular complexity index is 451. The van der Waals surface area contributed by atoms with Gasteiger partial charge in [-0.25, -0.2) is 9.18 Å². The van der Waals surface area contributed by atoms with Gasteiger partial charge in [-0.1, -0.05) is 0 Å². The number of halogens is 6. The zero-order chi connectivity index (χ0) is 13.4. The minimum atomic E-state index is -5.04. The van der Waals surface area contributed by atoms with E-state index in [2.05, 4.69) is 0 Å². The average molecular weight is 258 g/mol. The van der Waals surface area contributed by atoms with E-state index < -0.39 is 35.0 Å². The zero-order valence-corrected chi connectivity index (χ0v) is 7.86. The molecule has 0 amide bonds. The van der Waals surface area contributed by atoms with Crippen molar-refractivity contribution < 1.29 is 36.2 Å². The lowest BCUT2D eigenvalue weighted by atomic mass is 10.0. The molecule has 0 heterocycles. The molecule has 17 heavy (non-hydrogen) atoms. The molecule has 0 saturated carbocycles. The number of rotatable bonds is 2. The fraction of sp³-hybridized carbons (Fsp3) is 0.222. The molecule has 0 aliphatic rings. The van der Waals surface area contributed by atoms with E-state index in [1.165, 1.54) is 0 Å². The maximum Gasteiger partial charge on any atom is 0.416 e. The first-order chi connectivity index (χ1) is 7.55. The average Bonchev–Trinajstić information content (AvgIpc) is 2.15. The Morgan fingerprint density at radius 1 is 1.00 bits per heavy atom. The Kier molecular flexibility index (Phi) is 3.09. The van der Waals surface area contributed by atoms with E-state index in [0.29, 0.717) is 0 Å². The number of aliphatic carboxylic acids is 1. The summed E-state index contributed by atoms with van der Waals surface area (Å²) >= 11 is 0. The number of hydrogen-bond acceptors (Lipinski definition) is 1. The number of benzene rings is 1. The summed E-state index contributed by atoms with van der Waals surface area (Å²) in [6.07, 6.45) is -5.04. The summed E-state index contributed by atoms with van der Waals surface area (Å²) in [5, 5.41) is 8.13. The Balaban J connectivity index is 3.38. The summed E-state index contributed by atoms with van der Waals surface area (Å²) in [5.41, 5.74) is -3.23. The number of hydrogen-bond donors (Lipinski definition) is 1. The molecule has 1 rings (SSSR count). The van der Waals surface area contributed by atoms with Crippen molar-refractivity contribution in [3.05, 3.63) is 35.1 Å². The lowest BCUT2D eigenvalue weighted by Gasteiger charge is -2.14. The quantitative estimate of drug-likeness (QED) is 0.828. The second-order valence-corrected chi connectivity index (χ2v) is 3.11. The van der Waals surface area contributed by atoms with E-state index in [1.54, 1.807) is 0 Å².